The van der Waals surface area contributed by atoms with Crippen molar-refractivity contribution < 1.29 is 19.3 Å². The molecule has 0 aliphatic heterocycles. The third-order valence-corrected chi connectivity index (χ3v) is 7.37. The van der Waals surface area contributed by atoms with E-state index in [4.69, 9.17) is 21.4 Å². The number of hydrogen-bond acceptors (Lipinski definition) is 3. The van der Waals surface area contributed by atoms with E-state index in [0.717, 1.165) is 58.8 Å². The molecule has 0 amide bonds. The number of halogens is 1. The summed E-state index contributed by atoms with van der Waals surface area (Å²) in [5.74, 6) is 1.04. The molecule has 0 bridgehead atoms. The monoisotopic (exact) mass is 509 g/mol. The predicted octanol–water partition coefficient (Wildman–Crippen LogP) is 6.63. The zero-order chi connectivity index (χ0) is 24.6. The Bertz CT molecular complexity index is 1290. The van der Waals surface area contributed by atoms with Gasteiger partial charge in [0.05, 0.1) is 29.6 Å². The summed E-state index contributed by atoms with van der Waals surface area (Å²) in [5.41, 5.74) is 4.22. The number of carboxylic acid groups (broad SMARTS) is 1. The lowest BCUT2D eigenvalue weighted by atomic mass is 10.0. The van der Waals surface area contributed by atoms with Gasteiger partial charge in [-0.05, 0) is 48.8 Å². The Morgan fingerprint density at radius 2 is 1.94 bits per heavy atom. The molecular formula is C28H30ClN2O3S+. The first kappa shape index (κ1) is 25.1. The number of ether oxygens (including phenoxy) is 1. The number of nitrogens with one attached hydrogen (secondary N) is 1. The lowest BCUT2D eigenvalue weighted by Crippen LogP contribution is -2.32. The predicted molar refractivity (Wildman–Crippen MR) is 142 cm³/mol. The highest BCUT2D eigenvalue weighted by molar-refractivity contribution is 7.99. The number of carbonyl (C=O) groups is 1. The van der Waals surface area contributed by atoms with Crippen LogP contribution in [0.2, 0.25) is 5.02 Å². The number of hydrogen-bond donors (Lipinski definition) is 2. The summed E-state index contributed by atoms with van der Waals surface area (Å²) in [4.78, 5) is 11.8. The number of thioether (sulfide) groups is 1. The molecule has 35 heavy (non-hydrogen) atoms. The average molecular weight is 510 g/mol. The van der Waals surface area contributed by atoms with Gasteiger partial charge in [0, 0.05) is 28.7 Å². The van der Waals surface area contributed by atoms with E-state index < -0.39 is 5.97 Å². The highest BCUT2D eigenvalue weighted by atomic mass is 35.5. The van der Waals surface area contributed by atoms with Crippen LogP contribution in [-0.4, -0.2) is 28.5 Å². The van der Waals surface area contributed by atoms with Gasteiger partial charge in [-0.3, -0.25) is 4.79 Å². The van der Waals surface area contributed by atoms with E-state index in [1.54, 1.807) is 17.8 Å². The number of aromatic amines is 1. The average Bonchev–Trinajstić information content (AvgIpc) is 3.28. The lowest BCUT2D eigenvalue weighted by Gasteiger charge is -2.11. The van der Waals surface area contributed by atoms with E-state index in [1.807, 2.05) is 30.3 Å². The van der Waals surface area contributed by atoms with E-state index in [1.165, 1.54) is 10.9 Å². The highest BCUT2D eigenvalue weighted by Crippen LogP contribution is 2.30. The molecule has 7 heteroatoms. The van der Waals surface area contributed by atoms with Crippen LogP contribution in [0.1, 0.15) is 37.3 Å². The number of unbranched alkanes of at least 4 members (excludes halogenated alkanes) is 1. The molecule has 0 atom stereocenters. The number of benzene rings is 3. The van der Waals surface area contributed by atoms with Gasteiger partial charge < -0.3 is 9.84 Å². The number of fused-ring (bicyclic) bond motifs is 1. The van der Waals surface area contributed by atoms with Crippen molar-refractivity contribution in [1.29, 1.82) is 0 Å². The molecule has 0 fully saturated rings. The van der Waals surface area contributed by atoms with Gasteiger partial charge in [-0.15, -0.1) is 11.8 Å². The van der Waals surface area contributed by atoms with E-state index in [9.17, 15) is 4.79 Å². The molecule has 0 radical (unpaired) electrons. The Labute approximate surface area is 215 Å². The van der Waals surface area contributed by atoms with Crippen molar-refractivity contribution in [3.63, 3.8) is 0 Å². The van der Waals surface area contributed by atoms with Gasteiger partial charge in [0.2, 0.25) is 11.2 Å². The number of carboxylic acids is 1. The second-order valence-corrected chi connectivity index (χ2v) is 9.95. The van der Waals surface area contributed by atoms with Gasteiger partial charge in [-0.1, -0.05) is 53.9 Å². The van der Waals surface area contributed by atoms with Crippen LogP contribution in [-0.2, 0) is 17.6 Å². The van der Waals surface area contributed by atoms with E-state index in [0.29, 0.717) is 11.6 Å². The molecule has 4 rings (SSSR count). The number of rotatable bonds is 12. The molecule has 182 valence electrons. The summed E-state index contributed by atoms with van der Waals surface area (Å²) < 4.78 is 8.33. The van der Waals surface area contributed by atoms with Crippen molar-refractivity contribution in [2.24, 2.45) is 0 Å². The van der Waals surface area contributed by atoms with Crippen LogP contribution in [0.3, 0.4) is 0 Å². The number of aliphatic carboxylic acids is 1. The SMILES string of the molecule is CCCc1c(OCCCCSc2ccc(CC(=O)O)cc2Cl)ccc2c1c[nH][n+]2-c1ccccc1. The maximum absolute atomic E-state index is 10.9. The molecule has 2 N–H and O–H groups in total. The van der Waals surface area contributed by atoms with Crippen molar-refractivity contribution in [3.8, 4) is 11.4 Å². The Morgan fingerprint density at radius 3 is 2.69 bits per heavy atom. The van der Waals surface area contributed by atoms with Gasteiger partial charge in [0.25, 0.3) is 0 Å². The maximum atomic E-state index is 10.9. The quantitative estimate of drug-likeness (QED) is 0.128. The van der Waals surface area contributed by atoms with Crippen LogP contribution in [0.15, 0.2) is 71.8 Å². The topological polar surface area (TPSA) is 66.2 Å². The molecule has 0 spiro atoms. The van der Waals surface area contributed by atoms with Crippen molar-refractivity contribution in [1.82, 2.24) is 5.10 Å². The molecule has 0 unspecified atom stereocenters. The summed E-state index contributed by atoms with van der Waals surface area (Å²) in [6.07, 6.45) is 6.02. The van der Waals surface area contributed by atoms with Crippen LogP contribution in [0.4, 0.5) is 0 Å². The van der Waals surface area contributed by atoms with Crippen LogP contribution in [0.5, 0.6) is 5.75 Å². The summed E-state index contributed by atoms with van der Waals surface area (Å²) in [7, 11) is 0. The number of para-hydroxylation sites is 1. The van der Waals surface area contributed by atoms with E-state index >= 15 is 0 Å². The number of H-pyrrole nitrogens is 1. The normalized spacial score (nSPS) is 11.1. The number of nitrogens with zero attached hydrogens (tertiary/aromatic N) is 1. The van der Waals surface area contributed by atoms with Crippen molar-refractivity contribution in [2.75, 3.05) is 12.4 Å². The highest BCUT2D eigenvalue weighted by Gasteiger charge is 2.19. The minimum Gasteiger partial charge on any atom is -0.493 e. The Hall–Kier alpha value is -2.96. The lowest BCUT2D eigenvalue weighted by molar-refractivity contribution is -0.629. The van der Waals surface area contributed by atoms with Gasteiger partial charge in [-0.2, -0.15) is 5.10 Å². The first-order valence-electron chi connectivity index (χ1n) is 11.9. The Kier molecular flexibility index (Phi) is 8.72. The standard InChI is InChI=1S/C28H29ClN2O3S/c1-2-8-22-23-19-30-31(21-9-4-3-5-10-21)25(23)12-13-26(22)34-15-6-7-16-35-27-14-11-20(17-24(27)29)18-28(32)33/h3-5,9-14,17,19H,2,6-8,15-16,18H2,1H3,(H,32,33)/p+1. The summed E-state index contributed by atoms with van der Waals surface area (Å²) in [5, 5.41) is 14.1. The number of aryl methyl sites for hydroxylation is 1. The molecule has 1 heterocycles. The largest absolute Gasteiger partial charge is 0.493 e. The molecule has 0 saturated carbocycles. The van der Waals surface area contributed by atoms with Gasteiger partial charge in [-0.25, -0.2) is 0 Å². The molecule has 0 saturated heterocycles. The third kappa shape index (κ3) is 6.38. The van der Waals surface area contributed by atoms with Gasteiger partial charge in [0.1, 0.15) is 5.75 Å². The zero-order valence-electron chi connectivity index (χ0n) is 19.8. The third-order valence-electron chi connectivity index (χ3n) is 5.79. The molecular weight excluding hydrogens is 480 g/mol. The second-order valence-electron chi connectivity index (χ2n) is 8.41. The number of aromatic nitrogens is 2. The fourth-order valence-corrected chi connectivity index (χ4v) is 5.43. The maximum Gasteiger partial charge on any atom is 0.307 e. The minimum absolute atomic E-state index is 0.0111. The molecule has 4 aromatic rings. The van der Waals surface area contributed by atoms with Crippen LogP contribution >= 0.6 is 23.4 Å². The van der Waals surface area contributed by atoms with Gasteiger partial charge in [0.15, 0.2) is 0 Å². The molecule has 1 aromatic heterocycles. The first-order chi connectivity index (χ1) is 17.1. The summed E-state index contributed by atoms with van der Waals surface area (Å²) in [6.45, 7) is 2.86. The van der Waals surface area contributed by atoms with Crippen molar-refractivity contribution in [2.45, 2.75) is 43.9 Å². The van der Waals surface area contributed by atoms with Crippen LogP contribution < -0.4 is 9.42 Å². The van der Waals surface area contributed by atoms with Crippen molar-refractivity contribution in [3.05, 3.63) is 83.0 Å². The Morgan fingerprint density at radius 1 is 1.11 bits per heavy atom. The fraction of sp³-hybridized carbons (Fsp3) is 0.286. The second kappa shape index (κ2) is 12.1. The smallest absolute Gasteiger partial charge is 0.307 e. The fourth-order valence-electron chi connectivity index (χ4n) is 4.14. The Balaban J connectivity index is 1.33. The van der Waals surface area contributed by atoms with Crippen LogP contribution in [0, 0.1) is 0 Å². The molecule has 0 aliphatic carbocycles. The summed E-state index contributed by atoms with van der Waals surface area (Å²) >= 11 is 8.02. The molecule has 3 aromatic carbocycles. The summed E-state index contributed by atoms with van der Waals surface area (Å²) in [6, 6.07) is 20.0. The first-order valence-corrected chi connectivity index (χ1v) is 13.3. The molecule has 0 aliphatic rings. The van der Waals surface area contributed by atoms with E-state index in [-0.39, 0.29) is 6.42 Å². The van der Waals surface area contributed by atoms with Crippen LogP contribution in [0.25, 0.3) is 16.6 Å². The molecule has 5 nitrogen and oxygen atoms in total. The minimum atomic E-state index is -0.852. The van der Waals surface area contributed by atoms with E-state index in [2.05, 4.69) is 47.2 Å². The van der Waals surface area contributed by atoms with Gasteiger partial charge >= 0.3 is 5.97 Å². The zero-order valence-corrected chi connectivity index (χ0v) is 21.4. The van der Waals surface area contributed by atoms with Crippen molar-refractivity contribution >= 4 is 40.2 Å².